The number of alkyl halides is 6. The molecule has 206 valence electrons. The summed E-state index contributed by atoms with van der Waals surface area (Å²) >= 11 is 1.53. The lowest BCUT2D eigenvalue weighted by Crippen LogP contribution is -2.57. The summed E-state index contributed by atoms with van der Waals surface area (Å²) in [4.78, 5) is 40.4. The summed E-state index contributed by atoms with van der Waals surface area (Å²) in [6.07, 6.45) is -6.27. The van der Waals surface area contributed by atoms with Crippen LogP contribution in [0.15, 0.2) is 23.7 Å². The predicted molar refractivity (Wildman–Crippen MR) is 118 cm³/mol. The van der Waals surface area contributed by atoms with E-state index in [4.69, 9.17) is 24.8 Å². The first-order chi connectivity index (χ1) is 17.0. The van der Waals surface area contributed by atoms with Crippen LogP contribution in [-0.2, 0) is 21.7 Å². The van der Waals surface area contributed by atoms with E-state index < -0.39 is 24.3 Å². The monoisotopic (exact) mass is 558 g/mol. The van der Waals surface area contributed by atoms with Crippen molar-refractivity contribution in [3.05, 3.63) is 40.1 Å². The summed E-state index contributed by atoms with van der Waals surface area (Å²) in [5.41, 5.74) is 1.23. The van der Waals surface area contributed by atoms with Gasteiger partial charge in [-0.15, -0.1) is 11.3 Å². The Morgan fingerprint density at radius 2 is 1.49 bits per heavy atom. The molecule has 1 amide bonds. The largest absolute Gasteiger partial charge is 0.490 e. The van der Waals surface area contributed by atoms with Gasteiger partial charge in [-0.25, -0.2) is 14.6 Å². The number of nitrogens with zero attached hydrogens (tertiary/aromatic N) is 4. The van der Waals surface area contributed by atoms with Gasteiger partial charge in [0, 0.05) is 38.1 Å². The van der Waals surface area contributed by atoms with E-state index in [9.17, 15) is 31.1 Å². The molecular formula is C21H24F6N4O5S. The first-order valence-corrected chi connectivity index (χ1v) is 11.6. The minimum absolute atomic E-state index is 0.0151. The fourth-order valence-electron chi connectivity index (χ4n) is 3.99. The highest BCUT2D eigenvalue weighted by atomic mass is 32.1. The Morgan fingerprint density at radius 1 is 0.973 bits per heavy atom. The second kappa shape index (κ2) is 11.5. The molecule has 2 aliphatic rings. The minimum Gasteiger partial charge on any atom is -0.475 e. The normalized spacial score (nSPS) is 17.1. The average molecular weight is 559 g/mol. The predicted octanol–water partition coefficient (Wildman–Crippen LogP) is 3.60. The van der Waals surface area contributed by atoms with Crippen LogP contribution in [0, 0.1) is 6.92 Å². The maximum Gasteiger partial charge on any atom is 0.490 e. The number of thiophene rings is 1. The molecule has 16 heteroatoms. The zero-order valence-corrected chi connectivity index (χ0v) is 20.5. The number of rotatable bonds is 1. The lowest BCUT2D eigenvalue weighted by atomic mass is 9.83. The number of carboxylic acid groups (broad SMARTS) is 2. The van der Waals surface area contributed by atoms with Crippen molar-refractivity contribution < 1.29 is 50.9 Å². The van der Waals surface area contributed by atoms with Gasteiger partial charge in [-0.2, -0.15) is 26.3 Å². The molecule has 2 aromatic heterocycles. The van der Waals surface area contributed by atoms with Crippen molar-refractivity contribution in [2.24, 2.45) is 0 Å². The molecule has 4 rings (SSSR count). The molecule has 0 bridgehead atoms. The Morgan fingerprint density at radius 3 is 1.92 bits per heavy atom. The zero-order chi connectivity index (χ0) is 28.2. The number of carbonyl (C=O) groups excluding carboxylic acids is 1. The van der Waals surface area contributed by atoms with Gasteiger partial charge in [0.05, 0.1) is 10.4 Å². The summed E-state index contributed by atoms with van der Waals surface area (Å²) in [5.74, 6) is -4.15. The number of fused-ring (bicyclic) bond motifs is 2. The van der Waals surface area contributed by atoms with Crippen molar-refractivity contribution in [1.82, 2.24) is 19.4 Å². The van der Waals surface area contributed by atoms with Crippen LogP contribution in [0.25, 0.3) is 0 Å². The summed E-state index contributed by atoms with van der Waals surface area (Å²) in [6, 6.07) is 3.86. The number of piperidine rings is 1. The van der Waals surface area contributed by atoms with Crippen LogP contribution in [0.3, 0.4) is 0 Å². The molecule has 0 aromatic carbocycles. The van der Waals surface area contributed by atoms with Gasteiger partial charge in [0.2, 0.25) is 0 Å². The van der Waals surface area contributed by atoms with Crippen LogP contribution in [-0.4, -0.2) is 86.4 Å². The lowest BCUT2D eigenvalue weighted by Gasteiger charge is -2.49. The number of carbonyl (C=O) groups is 3. The van der Waals surface area contributed by atoms with Gasteiger partial charge in [-0.05, 0) is 38.3 Å². The summed E-state index contributed by atoms with van der Waals surface area (Å²) in [5, 5.41) is 16.2. The van der Waals surface area contributed by atoms with E-state index >= 15 is 0 Å². The van der Waals surface area contributed by atoms with E-state index in [1.165, 1.54) is 22.9 Å². The Hall–Kier alpha value is -3.14. The number of amides is 1. The van der Waals surface area contributed by atoms with Gasteiger partial charge in [0.25, 0.3) is 5.91 Å². The number of likely N-dealkylation sites (tertiary alicyclic amines) is 1. The summed E-state index contributed by atoms with van der Waals surface area (Å²) < 4.78 is 65.8. The van der Waals surface area contributed by atoms with Gasteiger partial charge in [-0.3, -0.25) is 9.69 Å². The van der Waals surface area contributed by atoms with Crippen molar-refractivity contribution in [3.63, 3.8) is 0 Å². The number of imidazole rings is 1. The minimum atomic E-state index is -5.08. The van der Waals surface area contributed by atoms with Crippen LogP contribution in [0.2, 0.25) is 0 Å². The second-order valence-corrected chi connectivity index (χ2v) is 9.15. The van der Waals surface area contributed by atoms with Crippen LogP contribution in [0.4, 0.5) is 26.3 Å². The van der Waals surface area contributed by atoms with Gasteiger partial charge in [0.15, 0.2) is 0 Å². The number of likely N-dealkylation sites (N-methyl/N-ethyl adjacent to an activating group) is 1. The molecule has 0 atom stereocenters. The summed E-state index contributed by atoms with van der Waals surface area (Å²) in [6.45, 7) is 5.78. The van der Waals surface area contributed by atoms with Crippen molar-refractivity contribution in [2.45, 2.75) is 44.2 Å². The van der Waals surface area contributed by atoms with Crippen LogP contribution in [0.1, 0.15) is 34.0 Å². The first-order valence-electron chi connectivity index (χ1n) is 10.7. The molecular weight excluding hydrogens is 534 g/mol. The molecule has 2 aliphatic heterocycles. The van der Waals surface area contributed by atoms with Crippen LogP contribution >= 0.6 is 11.3 Å². The highest BCUT2D eigenvalue weighted by Crippen LogP contribution is 2.40. The molecule has 0 unspecified atom stereocenters. The molecule has 0 aliphatic carbocycles. The van der Waals surface area contributed by atoms with Crippen molar-refractivity contribution in [3.8, 4) is 0 Å². The third kappa shape index (κ3) is 7.21. The van der Waals surface area contributed by atoms with E-state index in [-0.39, 0.29) is 11.4 Å². The van der Waals surface area contributed by atoms with Crippen LogP contribution < -0.4 is 0 Å². The molecule has 2 aromatic rings. The average Bonchev–Trinajstić information content (AvgIpc) is 3.47. The molecule has 4 heterocycles. The number of hydrogen-bond donors (Lipinski definition) is 2. The second-order valence-electron chi connectivity index (χ2n) is 8.20. The topological polar surface area (TPSA) is 116 Å². The third-order valence-corrected chi connectivity index (χ3v) is 6.81. The highest BCUT2D eigenvalue weighted by Gasteiger charge is 2.46. The number of aliphatic carboxylic acids is 2. The SMILES string of the molecule is Cc1cnc2n1CCN(C)C21CCN(C(=O)c2cccs2)CC1.O=C(O)C(F)(F)F.O=C(O)C(F)(F)F. The van der Waals surface area contributed by atoms with E-state index in [0.717, 1.165) is 43.9 Å². The Kier molecular flexibility index (Phi) is 9.35. The van der Waals surface area contributed by atoms with Gasteiger partial charge in [0.1, 0.15) is 5.82 Å². The fraction of sp³-hybridized carbons (Fsp3) is 0.524. The molecule has 0 saturated carbocycles. The lowest BCUT2D eigenvalue weighted by molar-refractivity contribution is -0.193. The Bertz CT molecular complexity index is 1070. The van der Waals surface area contributed by atoms with E-state index in [1.54, 1.807) is 0 Å². The molecule has 1 saturated heterocycles. The number of carboxylic acids is 2. The zero-order valence-electron chi connectivity index (χ0n) is 19.6. The van der Waals surface area contributed by atoms with Crippen molar-refractivity contribution in [2.75, 3.05) is 26.7 Å². The summed E-state index contributed by atoms with van der Waals surface area (Å²) in [7, 11) is 2.20. The molecule has 9 nitrogen and oxygen atoms in total. The highest BCUT2D eigenvalue weighted by molar-refractivity contribution is 7.12. The van der Waals surface area contributed by atoms with Gasteiger partial charge >= 0.3 is 24.3 Å². The van der Waals surface area contributed by atoms with Gasteiger partial charge in [-0.1, -0.05) is 6.07 Å². The van der Waals surface area contributed by atoms with E-state index in [0.29, 0.717) is 0 Å². The number of halogens is 6. The number of hydrogen-bond acceptors (Lipinski definition) is 6. The Labute approximate surface area is 210 Å². The quantitative estimate of drug-likeness (QED) is 0.514. The van der Waals surface area contributed by atoms with E-state index in [1.807, 2.05) is 28.6 Å². The van der Waals surface area contributed by atoms with Crippen LogP contribution in [0.5, 0.6) is 0 Å². The third-order valence-electron chi connectivity index (χ3n) is 5.96. The number of aromatic nitrogens is 2. The first kappa shape index (κ1) is 30.1. The molecule has 2 N–H and O–H groups in total. The number of aryl methyl sites for hydroxylation is 1. The van der Waals surface area contributed by atoms with Crippen molar-refractivity contribution >= 4 is 29.2 Å². The van der Waals surface area contributed by atoms with Crippen molar-refractivity contribution in [1.29, 1.82) is 0 Å². The molecule has 0 radical (unpaired) electrons. The molecule has 1 fully saturated rings. The molecule has 37 heavy (non-hydrogen) atoms. The van der Waals surface area contributed by atoms with Gasteiger partial charge < -0.3 is 19.7 Å². The maximum absolute atomic E-state index is 12.6. The molecule has 1 spiro atoms. The Balaban J connectivity index is 0.000000286. The fourth-order valence-corrected chi connectivity index (χ4v) is 4.68. The van der Waals surface area contributed by atoms with E-state index in [2.05, 4.69) is 23.4 Å². The smallest absolute Gasteiger partial charge is 0.475 e. The maximum atomic E-state index is 12.6. The standard InChI is InChI=1S/C17H22N4OS.2C2HF3O2/c1-13-12-18-16-17(19(2)9-10-21(13)16)5-7-20(8-6-17)15(22)14-4-3-11-23-14;2*3-2(4,5)1(6)7/h3-4,11-12H,5-10H2,1-2H3;2*(H,6,7).